The zero-order chi connectivity index (χ0) is 16.2. The van der Waals surface area contributed by atoms with Gasteiger partial charge in [-0.2, -0.15) is 5.10 Å². The van der Waals surface area contributed by atoms with E-state index in [4.69, 9.17) is 11.6 Å². The van der Waals surface area contributed by atoms with Crippen molar-refractivity contribution in [2.45, 2.75) is 6.92 Å². The van der Waals surface area contributed by atoms with E-state index < -0.39 is 0 Å². The molecule has 0 radical (unpaired) electrons. The number of hydrogen-bond acceptors (Lipinski definition) is 3. The highest BCUT2D eigenvalue weighted by Crippen LogP contribution is 2.30. The number of nitrogens with zero attached hydrogens (tertiary/aromatic N) is 4. The van der Waals surface area contributed by atoms with E-state index in [0.29, 0.717) is 5.03 Å². The Hall–Kier alpha value is -2.72. The highest BCUT2D eigenvalue weighted by molar-refractivity contribution is 6.49. The minimum absolute atomic E-state index is 0.581. The minimum Gasteiger partial charge on any atom is -0.255 e. The Kier molecular flexibility index (Phi) is 4.35. The summed E-state index contributed by atoms with van der Waals surface area (Å²) in [5.74, 6) is 0. The molecule has 0 aromatic carbocycles. The third-order valence-corrected chi connectivity index (χ3v) is 3.65. The number of pyridine rings is 2. The summed E-state index contributed by atoms with van der Waals surface area (Å²) in [5, 5.41) is 4.69. The van der Waals surface area contributed by atoms with E-state index in [1.54, 1.807) is 16.8 Å². The molecule has 0 aliphatic carbocycles. The van der Waals surface area contributed by atoms with Gasteiger partial charge in [-0.05, 0) is 42.3 Å². The number of halogens is 1. The summed E-state index contributed by atoms with van der Waals surface area (Å²) in [7, 11) is 0. The van der Waals surface area contributed by atoms with E-state index in [9.17, 15) is 0 Å². The van der Waals surface area contributed by atoms with Crippen molar-refractivity contribution in [1.82, 2.24) is 19.6 Å². The van der Waals surface area contributed by atoms with Crippen LogP contribution in [0.2, 0.25) is 0 Å². The second kappa shape index (κ2) is 6.58. The van der Waals surface area contributed by atoms with Crippen LogP contribution in [0.3, 0.4) is 0 Å². The zero-order valence-electron chi connectivity index (χ0n) is 12.6. The molecular formula is C18H15ClN4. The van der Waals surface area contributed by atoms with Gasteiger partial charge in [-0.15, -0.1) is 0 Å². The number of fused-ring (bicyclic) bond motifs is 1. The predicted octanol–water partition coefficient (Wildman–Crippen LogP) is 4.50. The first-order chi connectivity index (χ1) is 11.2. The fourth-order valence-electron chi connectivity index (χ4n) is 2.31. The van der Waals surface area contributed by atoms with Gasteiger partial charge in [-0.3, -0.25) is 4.98 Å². The number of aromatic nitrogens is 4. The first kappa shape index (κ1) is 15.2. The molecule has 3 heterocycles. The average molecular weight is 323 g/mol. The SMILES string of the molecule is C=C/C=C(C)\C=C(/Cl)c1ncccc1-c1ccn2ncnc2c1. The van der Waals surface area contributed by atoms with Crippen LogP contribution in [0.5, 0.6) is 0 Å². The van der Waals surface area contributed by atoms with Gasteiger partial charge in [-0.1, -0.05) is 36.4 Å². The van der Waals surface area contributed by atoms with Crippen LogP contribution >= 0.6 is 11.6 Å². The van der Waals surface area contributed by atoms with Crippen LogP contribution in [-0.2, 0) is 0 Å². The summed E-state index contributed by atoms with van der Waals surface area (Å²) in [4.78, 5) is 8.66. The van der Waals surface area contributed by atoms with Crippen molar-refractivity contribution >= 4 is 22.3 Å². The molecule has 0 unspecified atom stereocenters. The maximum absolute atomic E-state index is 6.48. The van der Waals surface area contributed by atoms with Crippen LogP contribution in [0, 0.1) is 0 Å². The van der Waals surface area contributed by atoms with E-state index in [1.807, 2.05) is 49.5 Å². The largest absolute Gasteiger partial charge is 0.255 e. The molecule has 23 heavy (non-hydrogen) atoms. The molecule has 0 aliphatic heterocycles. The topological polar surface area (TPSA) is 43.1 Å². The Morgan fingerprint density at radius 1 is 1.30 bits per heavy atom. The first-order valence-corrected chi connectivity index (χ1v) is 7.48. The number of allylic oxidation sites excluding steroid dienone is 4. The Labute approximate surface area is 139 Å². The van der Waals surface area contributed by atoms with Crippen LogP contribution in [0.25, 0.3) is 21.8 Å². The Bertz CT molecular complexity index is 921. The zero-order valence-corrected chi connectivity index (χ0v) is 13.4. The van der Waals surface area contributed by atoms with Gasteiger partial charge in [0.25, 0.3) is 0 Å². The van der Waals surface area contributed by atoms with E-state index in [2.05, 4.69) is 21.6 Å². The van der Waals surface area contributed by atoms with Crippen LogP contribution in [-0.4, -0.2) is 19.6 Å². The molecule has 3 aromatic rings. The maximum atomic E-state index is 6.48. The average Bonchev–Trinajstić information content (AvgIpc) is 3.02. The Morgan fingerprint density at radius 2 is 2.17 bits per heavy atom. The summed E-state index contributed by atoms with van der Waals surface area (Å²) < 4.78 is 1.72. The highest BCUT2D eigenvalue weighted by atomic mass is 35.5. The number of rotatable bonds is 4. The lowest BCUT2D eigenvalue weighted by molar-refractivity contribution is 0.961. The van der Waals surface area contributed by atoms with Gasteiger partial charge < -0.3 is 0 Å². The van der Waals surface area contributed by atoms with Crippen molar-refractivity contribution in [3.05, 3.63) is 79.1 Å². The molecule has 0 amide bonds. The quantitative estimate of drug-likeness (QED) is 0.664. The smallest absolute Gasteiger partial charge is 0.155 e. The van der Waals surface area contributed by atoms with Crippen LogP contribution in [0.4, 0.5) is 0 Å². The van der Waals surface area contributed by atoms with Gasteiger partial charge >= 0.3 is 0 Å². The van der Waals surface area contributed by atoms with Gasteiger partial charge in [0.1, 0.15) is 6.33 Å². The molecule has 0 fully saturated rings. The van der Waals surface area contributed by atoms with Crippen molar-refractivity contribution in [3.8, 4) is 11.1 Å². The second-order valence-electron chi connectivity index (χ2n) is 5.02. The lowest BCUT2D eigenvalue weighted by atomic mass is 10.0. The fourth-order valence-corrected chi connectivity index (χ4v) is 2.64. The molecule has 0 saturated heterocycles. The first-order valence-electron chi connectivity index (χ1n) is 7.10. The molecular weight excluding hydrogens is 308 g/mol. The van der Waals surface area contributed by atoms with Gasteiger partial charge in [-0.25, -0.2) is 9.50 Å². The summed E-state index contributed by atoms with van der Waals surface area (Å²) >= 11 is 6.48. The molecule has 0 spiro atoms. The van der Waals surface area contributed by atoms with Crippen LogP contribution in [0.15, 0.2) is 73.4 Å². The lowest BCUT2D eigenvalue weighted by Gasteiger charge is -2.08. The number of hydrogen-bond donors (Lipinski definition) is 0. The van der Waals surface area contributed by atoms with E-state index >= 15 is 0 Å². The Morgan fingerprint density at radius 3 is 3.00 bits per heavy atom. The molecule has 3 rings (SSSR count). The summed E-state index contributed by atoms with van der Waals surface area (Å²) in [5.41, 5.74) is 4.46. The van der Waals surface area contributed by atoms with E-state index in [-0.39, 0.29) is 0 Å². The van der Waals surface area contributed by atoms with Crippen molar-refractivity contribution in [2.75, 3.05) is 0 Å². The monoisotopic (exact) mass is 322 g/mol. The molecule has 4 nitrogen and oxygen atoms in total. The van der Waals surface area contributed by atoms with Gasteiger partial charge in [0.2, 0.25) is 0 Å². The molecule has 0 aliphatic rings. The van der Waals surface area contributed by atoms with Gasteiger partial charge in [0.15, 0.2) is 5.65 Å². The molecule has 114 valence electrons. The summed E-state index contributed by atoms with van der Waals surface area (Å²) in [6.07, 6.45) is 10.6. The van der Waals surface area contributed by atoms with Crippen molar-refractivity contribution < 1.29 is 0 Å². The summed E-state index contributed by atoms with van der Waals surface area (Å²) in [6.45, 7) is 5.66. The summed E-state index contributed by atoms with van der Waals surface area (Å²) in [6, 6.07) is 7.82. The lowest BCUT2D eigenvalue weighted by Crippen LogP contribution is -1.93. The van der Waals surface area contributed by atoms with Gasteiger partial charge in [0, 0.05) is 18.0 Å². The molecule has 0 atom stereocenters. The highest BCUT2D eigenvalue weighted by Gasteiger charge is 2.10. The molecule has 5 heteroatoms. The third kappa shape index (κ3) is 3.22. The Balaban J connectivity index is 2.10. The van der Waals surface area contributed by atoms with Gasteiger partial charge in [0.05, 0.1) is 10.7 Å². The fraction of sp³-hybridized carbons (Fsp3) is 0.0556. The molecule has 3 aromatic heterocycles. The van der Waals surface area contributed by atoms with E-state index in [1.165, 1.54) is 6.33 Å². The maximum Gasteiger partial charge on any atom is 0.155 e. The van der Waals surface area contributed by atoms with Crippen LogP contribution < -0.4 is 0 Å². The van der Waals surface area contributed by atoms with Crippen molar-refractivity contribution in [1.29, 1.82) is 0 Å². The van der Waals surface area contributed by atoms with Crippen LogP contribution in [0.1, 0.15) is 12.6 Å². The third-order valence-electron chi connectivity index (χ3n) is 3.36. The standard InChI is InChI=1S/C18H15ClN4/c1-3-5-13(2)10-16(19)18-15(6-4-8-20-18)14-7-9-23-17(11-14)21-12-22-23/h3-12H,1H2,2H3/b13-5-,16-10-. The molecule has 0 saturated carbocycles. The second-order valence-corrected chi connectivity index (χ2v) is 5.42. The van der Waals surface area contributed by atoms with E-state index in [0.717, 1.165) is 28.0 Å². The van der Waals surface area contributed by atoms with Crippen molar-refractivity contribution in [3.63, 3.8) is 0 Å². The minimum atomic E-state index is 0.581. The normalized spacial score (nSPS) is 12.6. The van der Waals surface area contributed by atoms with Crippen molar-refractivity contribution in [2.24, 2.45) is 0 Å². The predicted molar refractivity (Wildman–Crippen MR) is 94.0 cm³/mol. The molecule has 0 N–H and O–H groups in total. The molecule has 0 bridgehead atoms.